The Balaban J connectivity index is 1.81. The van der Waals surface area contributed by atoms with Crippen LogP contribution < -0.4 is 0 Å². The van der Waals surface area contributed by atoms with Gasteiger partial charge in [0.2, 0.25) is 0 Å². The Kier molecular flexibility index (Phi) is 3.81. The summed E-state index contributed by atoms with van der Waals surface area (Å²) in [4.78, 5) is 20.7. The zero-order chi connectivity index (χ0) is 16.7. The monoisotopic (exact) mass is 337 g/mol. The molecule has 0 saturated carbocycles. The molecule has 4 nitrogen and oxygen atoms in total. The third-order valence-electron chi connectivity index (χ3n) is 4.50. The van der Waals surface area contributed by atoms with E-state index in [2.05, 4.69) is 27.5 Å². The fourth-order valence-corrected chi connectivity index (χ4v) is 4.45. The van der Waals surface area contributed by atoms with Crippen molar-refractivity contribution in [3.8, 4) is 0 Å². The summed E-state index contributed by atoms with van der Waals surface area (Å²) < 4.78 is 2.13. The van der Waals surface area contributed by atoms with Gasteiger partial charge in [0.25, 0.3) is 0 Å². The number of ketones is 1. The Morgan fingerprint density at radius 3 is 3.04 bits per heavy atom. The highest BCUT2D eigenvalue weighted by Gasteiger charge is 2.28. The highest BCUT2D eigenvalue weighted by molar-refractivity contribution is 7.99. The third kappa shape index (κ3) is 2.31. The van der Waals surface area contributed by atoms with Crippen molar-refractivity contribution in [3.05, 3.63) is 53.1 Å². The van der Waals surface area contributed by atoms with Gasteiger partial charge in [-0.1, -0.05) is 31.5 Å². The molecular weight excluding hydrogens is 318 g/mol. The van der Waals surface area contributed by atoms with Gasteiger partial charge in [-0.2, -0.15) is 0 Å². The lowest BCUT2D eigenvalue weighted by Crippen LogP contribution is -2.13. The molecule has 1 aliphatic rings. The molecule has 24 heavy (non-hydrogen) atoms. The van der Waals surface area contributed by atoms with Gasteiger partial charge in [-0.15, -0.1) is 11.8 Å². The summed E-state index contributed by atoms with van der Waals surface area (Å²) in [6.45, 7) is 2.14. The molecule has 3 aromatic rings. The molecule has 0 unspecified atom stereocenters. The first-order chi connectivity index (χ1) is 11.7. The zero-order valence-corrected chi connectivity index (χ0v) is 14.6. The van der Waals surface area contributed by atoms with Crippen LogP contribution in [-0.4, -0.2) is 26.1 Å². The van der Waals surface area contributed by atoms with E-state index in [1.165, 1.54) is 0 Å². The van der Waals surface area contributed by atoms with Crippen LogP contribution in [0.2, 0.25) is 0 Å². The highest BCUT2D eigenvalue weighted by Crippen LogP contribution is 2.39. The molecule has 1 aromatic carbocycles. The van der Waals surface area contributed by atoms with Gasteiger partial charge in [-0.05, 0) is 18.6 Å². The number of aromatic amines is 1. The second-order valence-corrected chi connectivity index (χ2v) is 7.02. The lowest BCUT2D eigenvalue weighted by molar-refractivity contribution is 0.103. The molecule has 0 spiro atoms. The first-order valence-corrected chi connectivity index (χ1v) is 9.17. The molecule has 5 heteroatoms. The van der Waals surface area contributed by atoms with Crippen LogP contribution >= 0.6 is 11.8 Å². The van der Waals surface area contributed by atoms with Crippen LogP contribution in [0.3, 0.4) is 0 Å². The highest BCUT2D eigenvalue weighted by atomic mass is 32.2. The van der Waals surface area contributed by atoms with Crippen molar-refractivity contribution < 1.29 is 4.79 Å². The maximum Gasteiger partial charge on any atom is 0.193 e. The number of Topliss-reactive ketones (excluding diaryl/α,β-unsaturated/α-hetero) is 1. The second kappa shape index (κ2) is 5.98. The van der Waals surface area contributed by atoms with Crippen molar-refractivity contribution in [1.82, 2.24) is 14.5 Å². The van der Waals surface area contributed by atoms with Gasteiger partial charge in [0.1, 0.15) is 0 Å². The number of nitrogens with one attached hydrogen (secondary N) is 1. The number of hydrogen-bond acceptors (Lipinski definition) is 3. The average Bonchev–Trinajstić information content (AvgIpc) is 3.14. The van der Waals surface area contributed by atoms with Gasteiger partial charge in [-0.25, -0.2) is 4.98 Å². The average molecular weight is 337 g/mol. The number of thioether (sulfide) groups is 1. The third-order valence-corrected chi connectivity index (χ3v) is 5.71. The molecular formula is C19H19N3OS. The van der Waals surface area contributed by atoms with Gasteiger partial charge >= 0.3 is 0 Å². The number of nitrogens with zero attached hydrogens (tertiary/aromatic N) is 2. The minimum atomic E-state index is 0.131. The van der Waals surface area contributed by atoms with E-state index in [1.807, 2.05) is 31.3 Å². The minimum Gasteiger partial charge on any atom is -0.348 e. The number of para-hydroxylation sites is 1. The van der Waals surface area contributed by atoms with Crippen molar-refractivity contribution in [3.63, 3.8) is 0 Å². The van der Waals surface area contributed by atoms with Crippen molar-refractivity contribution in [2.75, 3.05) is 5.75 Å². The number of imidazole rings is 1. The van der Waals surface area contributed by atoms with Crippen LogP contribution in [0.25, 0.3) is 17.0 Å². The first kappa shape index (κ1) is 15.3. The number of carbonyl (C=O) groups is 1. The van der Waals surface area contributed by atoms with E-state index in [0.717, 1.165) is 51.3 Å². The molecule has 0 fully saturated rings. The standard InChI is InChI=1S/C19H19N3OS/c1-3-6-14-15(21-11-20-14)9-12-10-24-19-17(18(12)23)13-7-4-5-8-16(13)22(19)2/h4-5,7-9,11H,3,6,10H2,1-2H3,(H,20,21). The largest absolute Gasteiger partial charge is 0.348 e. The maximum atomic E-state index is 13.1. The Morgan fingerprint density at radius 1 is 1.38 bits per heavy atom. The second-order valence-electron chi connectivity index (χ2n) is 6.06. The molecule has 0 radical (unpaired) electrons. The number of aryl methyl sites for hydroxylation is 2. The van der Waals surface area contributed by atoms with Crippen molar-refractivity contribution in [2.24, 2.45) is 7.05 Å². The topological polar surface area (TPSA) is 50.7 Å². The van der Waals surface area contributed by atoms with Gasteiger partial charge in [0.15, 0.2) is 5.78 Å². The van der Waals surface area contributed by atoms with Crippen LogP contribution in [0.15, 0.2) is 41.2 Å². The summed E-state index contributed by atoms with van der Waals surface area (Å²) in [5, 5.41) is 2.10. The van der Waals surface area contributed by atoms with E-state index < -0.39 is 0 Å². The van der Waals surface area contributed by atoms with Crippen molar-refractivity contribution in [1.29, 1.82) is 0 Å². The van der Waals surface area contributed by atoms with E-state index >= 15 is 0 Å². The van der Waals surface area contributed by atoms with Gasteiger partial charge in [0, 0.05) is 35.0 Å². The van der Waals surface area contributed by atoms with E-state index in [0.29, 0.717) is 5.75 Å². The molecule has 0 amide bonds. The van der Waals surface area contributed by atoms with Crippen molar-refractivity contribution >= 4 is 34.5 Å². The van der Waals surface area contributed by atoms with Gasteiger partial charge in [-0.3, -0.25) is 4.79 Å². The van der Waals surface area contributed by atoms with Crippen LogP contribution in [-0.2, 0) is 13.5 Å². The molecule has 0 atom stereocenters. The van der Waals surface area contributed by atoms with E-state index in [-0.39, 0.29) is 5.78 Å². The van der Waals surface area contributed by atoms with E-state index in [9.17, 15) is 4.79 Å². The van der Waals surface area contributed by atoms with Crippen LogP contribution in [0.1, 0.15) is 35.1 Å². The number of benzene rings is 1. The van der Waals surface area contributed by atoms with Crippen molar-refractivity contribution in [2.45, 2.75) is 24.8 Å². The zero-order valence-electron chi connectivity index (χ0n) is 13.8. The Morgan fingerprint density at radius 2 is 2.21 bits per heavy atom. The lowest BCUT2D eigenvalue weighted by atomic mass is 10.0. The number of H-pyrrole nitrogens is 1. The molecule has 1 N–H and O–H groups in total. The molecule has 0 aliphatic carbocycles. The Hall–Kier alpha value is -2.27. The SMILES string of the molecule is CCCc1[nH]cnc1C=C1CSc2c(c3ccccc3n2C)C1=O. The summed E-state index contributed by atoms with van der Waals surface area (Å²) in [6, 6.07) is 8.11. The molecule has 2 aromatic heterocycles. The molecule has 3 heterocycles. The molecule has 0 saturated heterocycles. The smallest absolute Gasteiger partial charge is 0.193 e. The van der Waals surface area contributed by atoms with Crippen LogP contribution in [0.5, 0.6) is 0 Å². The van der Waals surface area contributed by atoms with Gasteiger partial charge in [0.05, 0.1) is 22.6 Å². The number of rotatable bonds is 3. The minimum absolute atomic E-state index is 0.131. The lowest BCUT2D eigenvalue weighted by Gasteiger charge is -2.15. The predicted molar refractivity (Wildman–Crippen MR) is 98.5 cm³/mol. The Labute approximate surface area is 145 Å². The number of fused-ring (bicyclic) bond motifs is 3. The van der Waals surface area contributed by atoms with Crippen LogP contribution in [0, 0.1) is 0 Å². The Bertz CT molecular complexity index is 964. The summed E-state index contributed by atoms with van der Waals surface area (Å²) in [6.07, 6.45) is 5.66. The van der Waals surface area contributed by atoms with E-state index in [1.54, 1.807) is 18.1 Å². The number of aromatic nitrogens is 3. The summed E-state index contributed by atoms with van der Waals surface area (Å²) in [7, 11) is 2.03. The quantitative estimate of drug-likeness (QED) is 0.728. The molecule has 122 valence electrons. The number of hydrogen-bond donors (Lipinski definition) is 1. The maximum absolute atomic E-state index is 13.1. The fourth-order valence-electron chi connectivity index (χ4n) is 3.31. The predicted octanol–water partition coefficient (Wildman–Crippen LogP) is 4.23. The van der Waals surface area contributed by atoms with Crippen LogP contribution in [0.4, 0.5) is 0 Å². The fraction of sp³-hybridized carbons (Fsp3) is 0.263. The summed E-state index contributed by atoms with van der Waals surface area (Å²) >= 11 is 1.73. The van der Waals surface area contributed by atoms with Gasteiger partial charge < -0.3 is 9.55 Å². The molecule has 1 aliphatic heterocycles. The summed E-state index contributed by atoms with van der Waals surface area (Å²) in [5.41, 5.74) is 4.77. The first-order valence-electron chi connectivity index (χ1n) is 8.18. The summed E-state index contributed by atoms with van der Waals surface area (Å²) in [5.74, 6) is 0.819. The van der Waals surface area contributed by atoms with E-state index in [4.69, 9.17) is 0 Å². The molecule has 4 rings (SSSR count). The molecule has 0 bridgehead atoms. The normalized spacial score (nSPS) is 16.1. The number of carbonyl (C=O) groups excluding carboxylic acids is 1.